The van der Waals surface area contributed by atoms with Gasteiger partial charge in [-0.25, -0.2) is 0 Å². The number of nitrogens with one attached hydrogen (secondary N) is 1. The Bertz CT molecular complexity index is 722. The minimum Gasteiger partial charge on any atom is -0.497 e. The third-order valence-electron chi connectivity index (χ3n) is 5.91. The van der Waals surface area contributed by atoms with Crippen molar-refractivity contribution in [3.05, 3.63) is 59.7 Å². The van der Waals surface area contributed by atoms with Crippen LogP contribution in [0.15, 0.2) is 48.5 Å². The van der Waals surface area contributed by atoms with Gasteiger partial charge < -0.3 is 14.8 Å². The number of ether oxygens (including phenoxy) is 2. The molecular formula is C23H29NO2. The highest BCUT2D eigenvalue weighted by Crippen LogP contribution is 2.47. The van der Waals surface area contributed by atoms with E-state index in [1.807, 2.05) is 6.07 Å². The third-order valence-corrected chi connectivity index (χ3v) is 5.91. The Labute approximate surface area is 156 Å². The van der Waals surface area contributed by atoms with Gasteiger partial charge in [-0.3, -0.25) is 0 Å². The summed E-state index contributed by atoms with van der Waals surface area (Å²) in [6.07, 6.45) is 8.34. The maximum atomic E-state index is 6.58. The number of benzene rings is 2. The summed E-state index contributed by atoms with van der Waals surface area (Å²) < 4.78 is 12.0. The molecule has 1 N–H and O–H groups in total. The van der Waals surface area contributed by atoms with Crippen LogP contribution < -0.4 is 14.8 Å². The molecule has 0 amide bonds. The van der Waals surface area contributed by atoms with E-state index in [0.717, 1.165) is 30.9 Å². The minimum atomic E-state index is 0.00201. The molecule has 2 aliphatic rings. The maximum Gasteiger partial charge on any atom is 0.128 e. The van der Waals surface area contributed by atoms with Crippen LogP contribution in [-0.2, 0) is 6.42 Å². The topological polar surface area (TPSA) is 30.5 Å². The van der Waals surface area contributed by atoms with Crippen molar-refractivity contribution in [2.75, 3.05) is 13.7 Å². The fourth-order valence-electron chi connectivity index (χ4n) is 4.49. The minimum absolute atomic E-state index is 0.00201. The highest BCUT2D eigenvalue weighted by molar-refractivity contribution is 5.44. The largest absolute Gasteiger partial charge is 0.497 e. The van der Waals surface area contributed by atoms with E-state index in [4.69, 9.17) is 9.47 Å². The van der Waals surface area contributed by atoms with Crippen molar-refractivity contribution in [3.63, 3.8) is 0 Å². The molecule has 1 unspecified atom stereocenters. The van der Waals surface area contributed by atoms with E-state index in [1.54, 1.807) is 7.11 Å². The molecule has 0 bridgehead atoms. The van der Waals surface area contributed by atoms with E-state index in [2.05, 4.69) is 47.8 Å². The molecule has 2 aromatic carbocycles. The number of rotatable bonds is 5. The summed E-state index contributed by atoms with van der Waals surface area (Å²) in [6, 6.07) is 17.3. The Morgan fingerprint density at radius 2 is 1.88 bits per heavy atom. The van der Waals surface area contributed by atoms with Crippen LogP contribution in [-0.4, -0.2) is 19.3 Å². The van der Waals surface area contributed by atoms with Gasteiger partial charge in [-0.15, -0.1) is 0 Å². The zero-order valence-electron chi connectivity index (χ0n) is 15.7. The second kappa shape index (κ2) is 7.71. The first-order valence-electron chi connectivity index (χ1n) is 9.92. The highest BCUT2D eigenvalue weighted by Gasteiger charge is 2.41. The van der Waals surface area contributed by atoms with Crippen molar-refractivity contribution < 1.29 is 9.47 Å². The van der Waals surface area contributed by atoms with E-state index in [-0.39, 0.29) is 5.60 Å². The van der Waals surface area contributed by atoms with Gasteiger partial charge in [0.15, 0.2) is 0 Å². The second-order valence-electron chi connectivity index (χ2n) is 7.70. The summed E-state index contributed by atoms with van der Waals surface area (Å²) in [5.41, 5.74) is 2.66. The van der Waals surface area contributed by atoms with Crippen LogP contribution in [0.2, 0.25) is 0 Å². The number of hydrogen-bond donors (Lipinski definition) is 1. The quantitative estimate of drug-likeness (QED) is 0.817. The van der Waals surface area contributed by atoms with Crippen LogP contribution in [0.3, 0.4) is 0 Å². The van der Waals surface area contributed by atoms with Crippen LogP contribution in [0.1, 0.15) is 55.7 Å². The van der Waals surface area contributed by atoms with Gasteiger partial charge in [-0.2, -0.15) is 0 Å². The molecule has 0 aromatic heterocycles. The molecular weight excluding hydrogens is 322 g/mol. The SMILES string of the molecule is COc1ccc2c(c1)OC1(CCCCC1)CC2NCCc1ccccc1. The lowest BCUT2D eigenvalue weighted by Crippen LogP contribution is -2.45. The van der Waals surface area contributed by atoms with Crippen molar-refractivity contribution in [1.29, 1.82) is 0 Å². The van der Waals surface area contributed by atoms with Gasteiger partial charge in [0.25, 0.3) is 0 Å². The van der Waals surface area contributed by atoms with E-state index in [0.29, 0.717) is 6.04 Å². The molecule has 1 aliphatic heterocycles. The predicted molar refractivity (Wildman–Crippen MR) is 105 cm³/mol. The molecule has 138 valence electrons. The van der Waals surface area contributed by atoms with Gasteiger partial charge in [0.1, 0.15) is 17.1 Å². The fourth-order valence-corrected chi connectivity index (χ4v) is 4.49. The van der Waals surface area contributed by atoms with E-state index in [1.165, 1.54) is 43.2 Å². The Morgan fingerprint density at radius 3 is 2.65 bits per heavy atom. The molecule has 1 heterocycles. The van der Waals surface area contributed by atoms with Gasteiger partial charge in [-0.05, 0) is 50.3 Å². The predicted octanol–water partition coefficient (Wildman–Crippen LogP) is 5.05. The molecule has 1 spiro atoms. The first-order valence-corrected chi connectivity index (χ1v) is 9.92. The Kier molecular flexibility index (Phi) is 5.16. The fraction of sp³-hybridized carbons (Fsp3) is 0.478. The van der Waals surface area contributed by atoms with E-state index < -0.39 is 0 Å². The van der Waals surface area contributed by atoms with Gasteiger partial charge in [0.05, 0.1) is 7.11 Å². The highest BCUT2D eigenvalue weighted by atomic mass is 16.5. The normalized spacial score (nSPS) is 21.0. The summed E-state index contributed by atoms with van der Waals surface area (Å²) in [4.78, 5) is 0. The van der Waals surface area contributed by atoms with Crippen LogP contribution in [0, 0.1) is 0 Å². The van der Waals surface area contributed by atoms with Gasteiger partial charge in [-0.1, -0.05) is 42.8 Å². The number of methoxy groups -OCH3 is 1. The Hall–Kier alpha value is -2.00. The van der Waals surface area contributed by atoms with E-state index in [9.17, 15) is 0 Å². The summed E-state index contributed by atoms with van der Waals surface area (Å²) >= 11 is 0. The van der Waals surface area contributed by atoms with E-state index >= 15 is 0 Å². The van der Waals surface area contributed by atoms with Crippen LogP contribution in [0.4, 0.5) is 0 Å². The molecule has 1 saturated carbocycles. The monoisotopic (exact) mass is 351 g/mol. The lowest BCUT2D eigenvalue weighted by molar-refractivity contribution is -0.00275. The van der Waals surface area contributed by atoms with Crippen LogP contribution in [0.5, 0.6) is 11.5 Å². The first kappa shape index (κ1) is 17.4. The average Bonchev–Trinajstić information content (AvgIpc) is 2.69. The summed E-state index contributed by atoms with van der Waals surface area (Å²) in [6.45, 7) is 0.982. The standard InChI is InChI=1S/C23H29NO2/c1-25-19-10-11-20-21(24-15-12-18-8-4-2-5-9-18)17-23(26-22(20)16-19)13-6-3-7-14-23/h2,4-5,8-11,16,21,24H,3,6-7,12-15,17H2,1H3. The van der Waals surface area contributed by atoms with Crippen molar-refractivity contribution in [1.82, 2.24) is 5.32 Å². The third kappa shape index (κ3) is 3.73. The van der Waals surface area contributed by atoms with Crippen molar-refractivity contribution in [2.45, 2.75) is 56.6 Å². The van der Waals surface area contributed by atoms with Gasteiger partial charge in [0, 0.05) is 24.1 Å². The molecule has 3 nitrogen and oxygen atoms in total. The molecule has 0 saturated heterocycles. The zero-order chi connectivity index (χ0) is 17.8. The molecule has 2 aromatic rings. The summed E-state index contributed by atoms with van der Waals surface area (Å²) in [5, 5.41) is 3.81. The Morgan fingerprint density at radius 1 is 1.08 bits per heavy atom. The van der Waals surface area contributed by atoms with Gasteiger partial charge >= 0.3 is 0 Å². The lowest BCUT2D eigenvalue weighted by atomic mass is 9.77. The van der Waals surface area contributed by atoms with Crippen LogP contribution in [0.25, 0.3) is 0 Å². The molecule has 0 radical (unpaired) electrons. The molecule has 1 atom stereocenters. The molecule has 4 rings (SSSR count). The van der Waals surface area contributed by atoms with Gasteiger partial charge in [0.2, 0.25) is 0 Å². The molecule has 26 heavy (non-hydrogen) atoms. The number of hydrogen-bond acceptors (Lipinski definition) is 3. The summed E-state index contributed by atoms with van der Waals surface area (Å²) in [7, 11) is 1.72. The smallest absolute Gasteiger partial charge is 0.128 e. The lowest BCUT2D eigenvalue weighted by Gasteiger charge is -2.45. The first-order chi connectivity index (χ1) is 12.8. The zero-order valence-corrected chi connectivity index (χ0v) is 15.7. The molecule has 1 aliphatic carbocycles. The van der Waals surface area contributed by atoms with Crippen molar-refractivity contribution >= 4 is 0 Å². The maximum absolute atomic E-state index is 6.58. The Balaban J connectivity index is 1.52. The van der Waals surface area contributed by atoms with Crippen molar-refractivity contribution in [2.24, 2.45) is 0 Å². The second-order valence-corrected chi connectivity index (χ2v) is 7.70. The number of fused-ring (bicyclic) bond motifs is 1. The van der Waals surface area contributed by atoms with Crippen LogP contribution >= 0.6 is 0 Å². The molecule has 3 heteroatoms. The average molecular weight is 351 g/mol. The molecule has 1 fully saturated rings. The summed E-state index contributed by atoms with van der Waals surface area (Å²) in [5.74, 6) is 1.88. The van der Waals surface area contributed by atoms with Crippen molar-refractivity contribution in [3.8, 4) is 11.5 Å².